The zero-order valence-corrected chi connectivity index (χ0v) is 11.8. The molecule has 0 bridgehead atoms. The number of rotatable bonds is 2. The van der Waals surface area contributed by atoms with Gasteiger partial charge in [0.1, 0.15) is 0 Å². The summed E-state index contributed by atoms with van der Waals surface area (Å²) in [4.78, 5) is 14.8. The lowest BCUT2D eigenvalue weighted by atomic mass is 10.0. The van der Waals surface area contributed by atoms with E-state index >= 15 is 0 Å². The number of nitrogens with zero attached hydrogens (tertiary/aromatic N) is 1. The molecule has 2 rings (SSSR count). The maximum absolute atomic E-state index is 12.2. The van der Waals surface area contributed by atoms with Gasteiger partial charge in [-0.2, -0.15) is 0 Å². The number of hydrogen-bond donors (Lipinski definition) is 1. The lowest BCUT2D eigenvalue weighted by molar-refractivity contribution is 0.0628. The molecule has 1 saturated heterocycles. The number of nitrogens with two attached hydrogens (primary N) is 1. The van der Waals surface area contributed by atoms with Gasteiger partial charge in [-0.05, 0) is 31.4 Å². The summed E-state index contributed by atoms with van der Waals surface area (Å²) in [5.74, 6) is 0.0760. The minimum Gasteiger partial charge on any atom is -0.334 e. The third-order valence-electron chi connectivity index (χ3n) is 2.94. The predicted molar refractivity (Wildman–Crippen MR) is 74.3 cm³/mol. The summed E-state index contributed by atoms with van der Waals surface area (Å²) in [5.41, 5.74) is 5.70. The van der Waals surface area contributed by atoms with E-state index in [1.807, 2.05) is 4.90 Å². The molecule has 1 aliphatic rings. The minimum absolute atomic E-state index is 0. The Balaban J connectivity index is 0.00000144. The molecule has 2 heterocycles. The van der Waals surface area contributed by atoms with Crippen LogP contribution in [0.2, 0.25) is 4.34 Å². The van der Waals surface area contributed by atoms with Gasteiger partial charge in [-0.25, -0.2) is 0 Å². The quantitative estimate of drug-likeness (QED) is 0.912. The molecule has 0 saturated carbocycles. The van der Waals surface area contributed by atoms with Crippen molar-refractivity contribution in [1.82, 2.24) is 4.90 Å². The van der Waals surface area contributed by atoms with Crippen molar-refractivity contribution in [1.29, 1.82) is 0 Å². The molecule has 17 heavy (non-hydrogen) atoms. The van der Waals surface area contributed by atoms with Crippen molar-refractivity contribution in [3.8, 4) is 0 Å². The van der Waals surface area contributed by atoms with Crippen molar-refractivity contribution < 1.29 is 4.79 Å². The summed E-state index contributed by atoms with van der Waals surface area (Å²) in [6.07, 6.45) is 3.25. The van der Waals surface area contributed by atoms with E-state index in [4.69, 9.17) is 17.3 Å². The van der Waals surface area contributed by atoms with Crippen LogP contribution >= 0.6 is 35.3 Å². The fourth-order valence-corrected chi connectivity index (χ4v) is 3.08. The minimum atomic E-state index is 0. The van der Waals surface area contributed by atoms with Gasteiger partial charge in [0.05, 0.1) is 9.21 Å². The first-order valence-electron chi connectivity index (χ1n) is 5.48. The molecular formula is C11H16Cl2N2OS. The number of thiophene rings is 1. The molecule has 1 fully saturated rings. The number of amides is 1. The Morgan fingerprint density at radius 1 is 1.53 bits per heavy atom. The summed E-state index contributed by atoms with van der Waals surface area (Å²) in [6, 6.07) is 3.75. The van der Waals surface area contributed by atoms with Crippen molar-refractivity contribution in [3.63, 3.8) is 0 Å². The fraction of sp³-hybridized carbons (Fsp3) is 0.545. The van der Waals surface area contributed by atoms with Gasteiger partial charge >= 0.3 is 0 Å². The molecule has 1 aromatic heterocycles. The molecule has 0 radical (unpaired) electrons. The normalized spacial score (nSPS) is 19.9. The van der Waals surface area contributed by atoms with Gasteiger partial charge in [0.2, 0.25) is 0 Å². The smallest absolute Gasteiger partial charge is 0.264 e. The third kappa shape index (κ3) is 3.35. The van der Waals surface area contributed by atoms with E-state index in [0.29, 0.717) is 15.8 Å². The first-order valence-corrected chi connectivity index (χ1v) is 6.68. The second-order valence-electron chi connectivity index (χ2n) is 3.99. The second kappa shape index (κ2) is 6.59. The Morgan fingerprint density at radius 3 is 2.88 bits per heavy atom. The molecular weight excluding hydrogens is 279 g/mol. The largest absolute Gasteiger partial charge is 0.334 e. The van der Waals surface area contributed by atoms with Crippen molar-refractivity contribution in [2.75, 3.05) is 13.1 Å². The van der Waals surface area contributed by atoms with E-state index in [2.05, 4.69) is 0 Å². The van der Waals surface area contributed by atoms with Crippen LogP contribution in [-0.2, 0) is 0 Å². The Labute approximate surface area is 116 Å². The van der Waals surface area contributed by atoms with Gasteiger partial charge in [0, 0.05) is 19.1 Å². The number of carbonyl (C=O) groups excluding carboxylic acids is 1. The molecule has 1 amide bonds. The number of hydrogen-bond acceptors (Lipinski definition) is 3. The van der Waals surface area contributed by atoms with Crippen LogP contribution in [0.15, 0.2) is 12.1 Å². The maximum atomic E-state index is 12.2. The number of piperidine rings is 1. The average molecular weight is 295 g/mol. The highest BCUT2D eigenvalue weighted by Gasteiger charge is 2.27. The molecule has 1 unspecified atom stereocenters. The molecule has 1 atom stereocenters. The van der Waals surface area contributed by atoms with Gasteiger partial charge in [-0.1, -0.05) is 11.6 Å². The van der Waals surface area contributed by atoms with Crippen molar-refractivity contribution >= 4 is 41.3 Å². The topological polar surface area (TPSA) is 46.3 Å². The van der Waals surface area contributed by atoms with Crippen LogP contribution in [0, 0.1) is 0 Å². The SMILES string of the molecule is Cl.NCC1CCCCN1C(=O)c1ccc(Cl)s1. The van der Waals surface area contributed by atoms with Crippen LogP contribution < -0.4 is 5.73 Å². The predicted octanol–water partition coefficient (Wildman–Crippen LogP) is 2.78. The van der Waals surface area contributed by atoms with Crippen LogP contribution in [0.1, 0.15) is 28.9 Å². The van der Waals surface area contributed by atoms with Gasteiger partial charge in [-0.15, -0.1) is 23.7 Å². The Bertz CT molecular complexity index is 383. The summed E-state index contributed by atoms with van der Waals surface area (Å²) >= 11 is 7.17. The van der Waals surface area contributed by atoms with Crippen molar-refractivity contribution in [2.45, 2.75) is 25.3 Å². The van der Waals surface area contributed by atoms with Crippen LogP contribution in [-0.4, -0.2) is 29.9 Å². The van der Waals surface area contributed by atoms with E-state index in [-0.39, 0.29) is 24.4 Å². The summed E-state index contributed by atoms with van der Waals surface area (Å²) in [7, 11) is 0. The average Bonchev–Trinajstić information content (AvgIpc) is 2.75. The Hall–Kier alpha value is -0.290. The standard InChI is InChI=1S/C11H15ClN2OS.ClH/c12-10-5-4-9(16-10)11(15)14-6-2-1-3-8(14)7-13;/h4-5,8H,1-3,6-7,13H2;1H. The van der Waals surface area contributed by atoms with Gasteiger partial charge < -0.3 is 10.6 Å². The monoisotopic (exact) mass is 294 g/mol. The van der Waals surface area contributed by atoms with E-state index < -0.39 is 0 Å². The maximum Gasteiger partial charge on any atom is 0.264 e. The van der Waals surface area contributed by atoms with Crippen LogP contribution in [0.4, 0.5) is 0 Å². The summed E-state index contributed by atoms with van der Waals surface area (Å²) < 4.78 is 0.657. The first kappa shape index (κ1) is 14.8. The molecule has 0 spiro atoms. The second-order valence-corrected chi connectivity index (χ2v) is 5.70. The van der Waals surface area contributed by atoms with Gasteiger partial charge in [-0.3, -0.25) is 4.79 Å². The molecule has 3 nitrogen and oxygen atoms in total. The van der Waals surface area contributed by atoms with Crippen LogP contribution in [0.25, 0.3) is 0 Å². The highest BCUT2D eigenvalue weighted by Crippen LogP contribution is 2.25. The molecule has 6 heteroatoms. The number of halogens is 2. The van der Waals surface area contributed by atoms with E-state index in [0.717, 1.165) is 25.8 Å². The molecule has 0 aromatic carbocycles. The van der Waals surface area contributed by atoms with Gasteiger partial charge in [0.15, 0.2) is 0 Å². The molecule has 1 aliphatic heterocycles. The molecule has 0 aliphatic carbocycles. The third-order valence-corrected chi connectivity index (χ3v) is 4.16. The number of carbonyl (C=O) groups is 1. The Morgan fingerprint density at radius 2 is 2.29 bits per heavy atom. The zero-order chi connectivity index (χ0) is 11.5. The molecule has 1 aromatic rings. The van der Waals surface area contributed by atoms with E-state index in [9.17, 15) is 4.79 Å². The van der Waals surface area contributed by atoms with E-state index in [1.165, 1.54) is 11.3 Å². The summed E-state index contributed by atoms with van der Waals surface area (Å²) in [5, 5.41) is 0. The van der Waals surface area contributed by atoms with Gasteiger partial charge in [0.25, 0.3) is 5.91 Å². The van der Waals surface area contributed by atoms with E-state index in [1.54, 1.807) is 12.1 Å². The molecule has 2 N–H and O–H groups in total. The Kier molecular flexibility index (Phi) is 5.73. The van der Waals surface area contributed by atoms with Crippen LogP contribution in [0.5, 0.6) is 0 Å². The zero-order valence-electron chi connectivity index (χ0n) is 9.39. The summed E-state index contributed by atoms with van der Waals surface area (Å²) in [6.45, 7) is 1.36. The van der Waals surface area contributed by atoms with Crippen molar-refractivity contribution in [3.05, 3.63) is 21.3 Å². The fourth-order valence-electron chi connectivity index (χ4n) is 2.08. The lowest BCUT2D eigenvalue weighted by Gasteiger charge is -2.34. The highest BCUT2D eigenvalue weighted by molar-refractivity contribution is 7.17. The number of likely N-dealkylation sites (tertiary alicyclic amines) is 1. The van der Waals surface area contributed by atoms with Crippen molar-refractivity contribution in [2.24, 2.45) is 5.73 Å². The molecule has 96 valence electrons. The highest BCUT2D eigenvalue weighted by atomic mass is 35.5. The van der Waals surface area contributed by atoms with Crippen LogP contribution in [0.3, 0.4) is 0 Å². The lowest BCUT2D eigenvalue weighted by Crippen LogP contribution is -2.47. The first-order chi connectivity index (χ1) is 7.72.